The van der Waals surface area contributed by atoms with Crippen LogP contribution in [0.1, 0.15) is 15.9 Å². The maximum Gasteiger partial charge on any atom is 0.258 e. The Bertz CT molecular complexity index is 661. The van der Waals surface area contributed by atoms with E-state index in [0.717, 1.165) is 10.0 Å². The first-order chi connectivity index (χ1) is 9.51. The fraction of sp³-hybridized carbons (Fsp3) is 0.143. The predicted octanol–water partition coefficient (Wildman–Crippen LogP) is 4.10. The number of nitrogens with one attached hydrogen (secondary N) is 2. The van der Waals surface area contributed by atoms with Gasteiger partial charge < -0.3 is 10.6 Å². The lowest BCUT2D eigenvalue weighted by Crippen LogP contribution is -2.15. The normalized spacial score (nSPS) is 10.2. The molecule has 0 saturated carbocycles. The average molecular weight is 355 g/mol. The number of hydrogen-bond donors (Lipinski definition) is 2. The Morgan fingerprint density at radius 1 is 1.35 bits per heavy atom. The van der Waals surface area contributed by atoms with Gasteiger partial charge in [-0.3, -0.25) is 4.79 Å². The van der Waals surface area contributed by atoms with Crippen LogP contribution in [0.15, 0.2) is 34.9 Å². The van der Waals surface area contributed by atoms with Crippen molar-refractivity contribution in [1.29, 1.82) is 0 Å². The van der Waals surface area contributed by atoms with Crippen molar-refractivity contribution in [1.82, 2.24) is 4.98 Å². The van der Waals surface area contributed by atoms with E-state index < -0.39 is 0 Å². The van der Waals surface area contributed by atoms with Gasteiger partial charge in [-0.25, -0.2) is 4.98 Å². The third-order valence-corrected chi connectivity index (χ3v) is 3.85. The second kappa shape index (κ2) is 6.24. The molecule has 0 spiro atoms. The second-order valence-corrected chi connectivity index (χ2v) is 5.50. The Balaban J connectivity index is 2.27. The number of pyridine rings is 1. The lowest BCUT2D eigenvalue weighted by Gasteiger charge is -2.10. The lowest BCUT2D eigenvalue weighted by atomic mass is 10.1. The monoisotopic (exact) mass is 353 g/mol. The quantitative estimate of drug-likeness (QED) is 0.872. The number of amides is 1. The molecule has 6 heteroatoms. The smallest absolute Gasteiger partial charge is 0.258 e. The van der Waals surface area contributed by atoms with Gasteiger partial charge in [0.05, 0.1) is 5.56 Å². The summed E-state index contributed by atoms with van der Waals surface area (Å²) in [6.07, 6.45) is 1.65. The van der Waals surface area contributed by atoms with E-state index in [1.54, 1.807) is 37.5 Å². The molecule has 20 heavy (non-hydrogen) atoms. The topological polar surface area (TPSA) is 54.0 Å². The highest BCUT2D eigenvalue weighted by Crippen LogP contribution is 2.22. The molecule has 0 fully saturated rings. The minimum Gasteiger partial charge on any atom is -0.387 e. The summed E-state index contributed by atoms with van der Waals surface area (Å²) in [5.74, 6) is 0.240. The van der Waals surface area contributed by atoms with Crippen LogP contribution in [0.25, 0.3) is 0 Å². The first kappa shape index (κ1) is 14.8. The number of carbonyl (C=O) groups excluding carboxylic acids is 1. The number of hydrogen-bond acceptors (Lipinski definition) is 3. The Morgan fingerprint density at radius 3 is 2.75 bits per heavy atom. The van der Waals surface area contributed by atoms with Crippen LogP contribution in [-0.4, -0.2) is 17.9 Å². The average Bonchev–Trinajstić information content (AvgIpc) is 2.43. The maximum absolute atomic E-state index is 12.3. The molecule has 0 atom stereocenters. The van der Waals surface area contributed by atoms with Gasteiger partial charge in [-0.2, -0.15) is 0 Å². The van der Waals surface area contributed by atoms with Crippen molar-refractivity contribution in [2.24, 2.45) is 0 Å². The predicted molar refractivity (Wildman–Crippen MR) is 85.6 cm³/mol. The second-order valence-electron chi connectivity index (χ2n) is 4.21. The molecule has 0 unspecified atom stereocenters. The zero-order chi connectivity index (χ0) is 14.7. The molecule has 1 aromatic carbocycles. The van der Waals surface area contributed by atoms with Gasteiger partial charge in [0.25, 0.3) is 5.91 Å². The summed E-state index contributed by atoms with van der Waals surface area (Å²) in [5.41, 5.74) is 2.18. The molecule has 0 saturated heterocycles. The zero-order valence-corrected chi connectivity index (χ0v) is 13.3. The van der Waals surface area contributed by atoms with E-state index in [2.05, 4.69) is 31.5 Å². The number of aryl methyl sites for hydroxylation is 1. The van der Waals surface area contributed by atoms with Crippen LogP contribution in [0.2, 0.25) is 5.02 Å². The first-order valence-corrected chi connectivity index (χ1v) is 7.09. The van der Waals surface area contributed by atoms with Crippen molar-refractivity contribution >= 4 is 44.9 Å². The Labute approximate surface area is 130 Å². The minimum atomic E-state index is -0.258. The van der Waals surface area contributed by atoms with E-state index in [-0.39, 0.29) is 5.91 Å². The van der Waals surface area contributed by atoms with Gasteiger partial charge in [0.2, 0.25) is 0 Å². The summed E-state index contributed by atoms with van der Waals surface area (Å²) in [7, 11) is 1.75. The molecule has 0 bridgehead atoms. The Hall–Kier alpha value is -1.59. The number of aromatic nitrogens is 1. The Morgan fingerprint density at radius 2 is 2.10 bits per heavy atom. The van der Waals surface area contributed by atoms with Crippen LogP contribution in [0.4, 0.5) is 11.5 Å². The van der Waals surface area contributed by atoms with Gasteiger partial charge >= 0.3 is 0 Å². The van der Waals surface area contributed by atoms with E-state index in [1.165, 1.54) is 0 Å². The first-order valence-electron chi connectivity index (χ1n) is 5.92. The molecule has 1 aromatic heterocycles. The number of halogens is 2. The molecule has 1 amide bonds. The van der Waals surface area contributed by atoms with Gasteiger partial charge in [0.1, 0.15) is 5.82 Å². The highest BCUT2D eigenvalue weighted by atomic mass is 79.9. The van der Waals surface area contributed by atoms with Crippen molar-refractivity contribution < 1.29 is 4.79 Å². The number of rotatable bonds is 3. The van der Waals surface area contributed by atoms with Crippen LogP contribution >= 0.6 is 27.5 Å². The Kier molecular flexibility index (Phi) is 4.62. The molecule has 104 valence electrons. The molecule has 0 aliphatic carbocycles. The van der Waals surface area contributed by atoms with Crippen molar-refractivity contribution in [3.63, 3.8) is 0 Å². The zero-order valence-electron chi connectivity index (χ0n) is 11.0. The molecule has 2 rings (SSSR count). The number of anilines is 2. The summed E-state index contributed by atoms with van der Waals surface area (Å²) >= 11 is 9.31. The van der Waals surface area contributed by atoms with Gasteiger partial charge in [-0.1, -0.05) is 11.6 Å². The third-order valence-electron chi connectivity index (χ3n) is 2.78. The van der Waals surface area contributed by atoms with Crippen LogP contribution in [0.3, 0.4) is 0 Å². The highest BCUT2D eigenvalue weighted by Gasteiger charge is 2.12. The highest BCUT2D eigenvalue weighted by molar-refractivity contribution is 9.10. The summed E-state index contributed by atoms with van der Waals surface area (Å²) < 4.78 is 0.897. The van der Waals surface area contributed by atoms with E-state index in [1.807, 2.05) is 6.92 Å². The fourth-order valence-electron chi connectivity index (χ4n) is 1.71. The van der Waals surface area contributed by atoms with Crippen molar-refractivity contribution in [2.75, 3.05) is 17.7 Å². The summed E-state index contributed by atoms with van der Waals surface area (Å²) in [6, 6.07) is 6.91. The lowest BCUT2D eigenvalue weighted by molar-refractivity contribution is 0.102. The molecule has 2 N–H and O–H groups in total. The van der Waals surface area contributed by atoms with Crippen LogP contribution in [0.5, 0.6) is 0 Å². The minimum absolute atomic E-state index is 0.258. The molecule has 0 aliphatic rings. The molecule has 1 heterocycles. The summed E-state index contributed by atoms with van der Waals surface area (Å²) in [5, 5.41) is 6.23. The SMILES string of the molecule is CNc1ccc(Cl)cc1C(=O)Nc1cc(C)c(Br)cn1. The van der Waals surface area contributed by atoms with Gasteiger partial charge in [-0.05, 0) is 52.7 Å². The maximum atomic E-state index is 12.3. The van der Waals surface area contributed by atoms with Crippen molar-refractivity contribution in [3.05, 3.63) is 51.1 Å². The van der Waals surface area contributed by atoms with E-state index >= 15 is 0 Å². The van der Waals surface area contributed by atoms with Crippen LogP contribution < -0.4 is 10.6 Å². The third kappa shape index (κ3) is 3.29. The number of carbonyl (C=O) groups is 1. The molecule has 0 radical (unpaired) electrons. The van der Waals surface area contributed by atoms with Crippen LogP contribution in [0, 0.1) is 6.92 Å². The van der Waals surface area contributed by atoms with E-state index in [0.29, 0.717) is 22.1 Å². The largest absolute Gasteiger partial charge is 0.387 e. The van der Waals surface area contributed by atoms with Gasteiger partial charge in [0.15, 0.2) is 0 Å². The van der Waals surface area contributed by atoms with E-state index in [4.69, 9.17) is 11.6 Å². The number of nitrogens with zero attached hydrogens (tertiary/aromatic N) is 1. The van der Waals surface area contributed by atoms with Gasteiger partial charge in [0, 0.05) is 28.4 Å². The fourth-order valence-corrected chi connectivity index (χ4v) is 2.10. The summed E-state index contributed by atoms with van der Waals surface area (Å²) in [6.45, 7) is 1.93. The number of benzene rings is 1. The van der Waals surface area contributed by atoms with E-state index in [9.17, 15) is 4.79 Å². The summed E-state index contributed by atoms with van der Waals surface area (Å²) in [4.78, 5) is 16.4. The van der Waals surface area contributed by atoms with Crippen molar-refractivity contribution in [2.45, 2.75) is 6.92 Å². The van der Waals surface area contributed by atoms with Gasteiger partial charge in [-0.15, -0.1) is 0 Å². The molecular weight excluding hydrogens is 342 g/mol. The van der Waals surface area contributed by atoms with Crippen molar-refractivity contribution in [3.8, 4) is 0 Å². The molecule has 2 aromatic rings. The standard InChI is InChI=1S/C14H13BrClN3O/c1-8-5-13(18-7-11(8)15)19-14(20)10-6-9(16)3-4-12(10)17-2/h3-7,17H,1-2H3,(H,18,19,20). The molecule has 0 aliphatic heterocycles. The molecule has 4 nitrogen and oxygen atoms in total. The van der Waals surface area contributed by atoms with Crippen LogP contribution in [-0.2, 0) is 0 Å². The molecular formula is C14H13BrClN3O.